The van der Waals surface area contributed by atoms with Crippen LogP contribution in [0.5, 0.6) is 0 Å². The Labute approximate surface area is 140 Å². The number of rotatable bonds is 4. The molecule has 1 N–H and O–H groups in total. The number of carbonyl (C=O) groups excluding carboxylic acids is 1. The van der Waals surface area contributed by atoms with Gasteiger partial charge in [-0.05, 0) is 18.2 Å². The van der Waals surface area contributed by atoms with Crippen molar-refractivity contribution in [1.82, 2.24) is 9.38 Å². The predicted octanol–water partition coefficient (Wildman–Crippen LogP) is 2.81. The van der Waals surface area contributed by atoms with Crippen LogP contribution in [0.25, 0.3) is 4.96 Å². The molecule has 0 fully saturated rings. The standard InChI is InChI=1S/C15H12ClN3O3S/c1-22-14(21)11-6-9(2-3-12(11)16)17-8-10-7-13(20)19-4-5-23-15(19)18-10/h2-7,17H,8H2,1H3. The van der Waals surface area contributed by atoms with Crippen LogP contribution in [0.3, 0.4) is 0 Å². The summed E-state index contributed by atoms with van der Waals surface area (Å²) in [5.41, 5.74) is 1.45. The van der Waals surface area contributed by atoms with Crippen LogP contribution < -0.4 is 10.9 Å². The van der Waals surface area contributed by atoms with Gasteiger partial charge in [0, 0.05) is 23.3 Å². The van der Waals surface area contributed by atoms with Gasteiger partial charge >= 0.3 is 5.97 Å². The summed E-state index contributed by atoms with van der Waals surface area (Å²) >= 11 is 7.37. The number of ether oxygens (including phenoxy) is 1. The Hall–Kier alpha value is -2.38. The Bertz CT molecular complexity index is 935. The van der Waals surface area contributed by atoms with Gasteiger partial charge in [-0.1, -0.05) is 11.6 Å². The maximum absolute atomic E-state index is 11.9. The Morgan fingerprint density at radius 2 is 2.26 bits per heavy atom. The van der Waals surface area contributed by atoms with E-state index < -0.39 is 5.97 Å². The third kappa shape index (κ3) is 3.20. The van der Waals surface area contributed by atoms with Crippen LogP contribution in [-0.2, 0) is 11.3 Å². The van der Waals surface area contributed by atoms with E-state index in [1.54, 1.807) is 24.4 Å². The van der Waals surface area contributed by atoms with Crippen LogP contribution in [0, 0.1) is 0 Å². The summed E-state index contributed by atoms with van der Waals surface area (Å²) in [6.07, 6.45) is 1.69. The lowest BCUT2D eigenvalue weighted by Crippen LogP contribution is -2.14. The van der Waals surface area contributed by atoms with Crippen molar-refractivity contribution in [3.05, 3.63) is 62.5 Å². The molecule has 0 atom stereocenters. The zero-order valence-electron chi connectivity index (χ0n) is 12.1. The molecule has 118 valence electrons. The van der Waals surface area contributed by atoms with Crippen LogP contribution in [-0.4, -0.2) is 22.5 Å². The molecule has 2 heterocycles. The highest BCUT2D eigenvalue weighted by molar-refractivity contribution is 7.15. The lowest BCUT2D eigenvalue weighted by molar-refractivity contribution is 0.0601. The summed E-state index contributed by atoms with van der Waals surface area (Å²) in [6.45, 7) is 0.353. The summed E-state index contributed by atoms with van der Waals surface area (Å²) in [7, 11) is 1.30. The molecular weight excluding hydrogens is 338 g/mol. The number of fused-ring (bicyclic) bond motifs is 1. The highest BCUT2D eigenvalue weighted by Crippen LogP contribution is 2.21. The molecule has 1 aromatic carbocycles. The van der Waals surface area contributed by atoms with E-state index in [1.165, 1.54) is 28.9 Å². The van der Waals surface area contributed by atoms with Crippen LogP contribution in [0.2, 0.25) is 5.02 Å². The molecule has 3 rings (SSSR count). The van der Waals surface area contributed by atoms with Crippen molar-refractivity contribution < 1.29 is 9.53 Å². The molecule has 0 unspecified atom stereocenters. The minimum Gasteiger partial charge on any atom is -0.465 e. The van der Waals surface area contributed by atoms with E-state index in [9.17, 15) is 9.59 Å². The molecule has 0 saturated heterocycles. The number of esters is 1. The number of nitrogens with zero attached hydrogens (tertiary/aromatic N) is 2. The molecule has 0 aliphatic carbocycles. The third-order valence-electron chi connectivity index (χ3n) is 3.20. The monoisotopic (exact) mass is 349 g/mol. The summed E-state index contributed by atoms with van der Waals surface area (Å²) in [5.74, 6) is -0.505. The van der Waals surface area contributed by atoms with Gasteiger partial charge in [0.2, 0.25) is 0 Å². The maximum atomic E-state index is 11.9. The minimum absolute atomic E-state index is 0.126. The number of anilines is 1. The fourth-order valence-electron chi connectivity index (χ4n) is 2.07. The molecule has 6 nitrogen and oxygen atoms in total. The van der Waals surface area contributed by atoms with Gasteiger partial charge in [0.25, 0.3) is 5.56 Å². The van der Waals surface area contributed by atoms with Crippen molar-refractivity contribution in [2.45, 2.75) is 6.54 Å². The zero-order chi connectivity index (χ0) is 16.4. The number of benzene rings is 1. The minimum atomic E-state index is -0.505. The predicted molar refractivity (Wildman–Crippen MR) is 89.5 cm³/mol. The SMILES string of the molecule is COC(=O)c1cc(NCc2cc(=O)n3ccsc3n2)ccc1Cl. The quantitative estimate of drug-likeness (QED) is 0.733. The van der Waals surface area contributed by atoms with Crippen molar-refractivity contribution in [3.63, 3.8) is 0 Å². The average molecular weight is 350 g/mol. The average Bonchev–Trinajstić information content (AvgIpc) is 3.02. The lowest BCUT2D eigenvalue weighted by atomic mass is 10.2. The summed E-state index contributed by atoms with van der Waals surface area (Å²) < 4.78 is 6.18. The summed E-state index contributed by atoms with van der Waals surface area (Å²) in [5, 5.41) is 5.25. The molecule has 0 spiro atoms. The first-order chi connectivity index (χ1) is 11.1. The fraction of sp³-hybridized carbons (Fsp3) is 0.133. The van der Waals surface area contributed by atoms with E-state index in [1.807, 2.05) is 5.38 Å². The van der Waals surface area contributed by atoms with Gasteiger partial charge in [-0.3, -0.25) is 9.20 Å². The van der Waals surface area contributed by atoms with Crippen LogP contribution >= 0.6 is 22.9 Å². The summed E-state index contributed by atoms with van der Waals surface area (Å²) in [6, 6.07) is 6.43. The van der Waals surface area contributed by atoms with Crippen molar-refractivity contribution in [2.75, 3.05) is 12.4 Å². The topological polar surface area (TPSA) is 72.7 Å². The van der Waals surface area contributed by atoms with E-state index in [-0.39, 0.29) is 11.1 Å². The Morgan fingerprint density at radius 1 is 1.43 bits per heavy atom. The van der Waals surface area contributed by atoms with E-state index in [2.05, 4.69) is 15.0 Å². The van der Waals surface area contributed by atoms with Crippen LogP contribution in [0.1, 0.15) is 16.1 Å². The number of carbonyl (C=O) groups is 1. The maximum Gasteiger partial charge on any atom is 0.339 e. The van der Waals surface area contributed by atoms with Crippen LogP contribution in [0.15, 0.2) is 40.6 Å². The number of nitrogens with one attached hydrogen (secondary N) is 1. The molecule has 0 saturated carbocycles. The number of methoxy groups -OCH3 is 1. The second-order valence-electron chi connectivity index (χ2n) is 4.68. The van der Waals surface area contributed by atoms with E-state index >= 15 is 0 Å². The van der Waals surface area contributed by atoms with Crippen molar-refractivity contribution in [3.8, 4) is 0 Å². The first kappa shape index (κ1) is 15.5. The number of halogens is 1. The second-order valence-corrected chi connectivity index (χ2v) is 5.96. The van der Waals surface area contributed by atoms with E-state index in [0.29, 0.717) is 27.9 Å². The van der Waals surface area contributed by atoms with Gasteiger partial charge in [0.15, 0.2) is 4.96 Å². The van der Waals surface area contributed by atoms with E-state index in [4.69, 9.17) is 11.6 Å². The Morgan fingerprint density at radius 3 is 3.04 bits per heavy atom. The zero-order valence-corrected chi connectivity index (χ0v) is 13.6. The molecule has 0 aliphatic heterocycles. The highest BCUT2D eigenvalue weighted by atomic mass is 35.5. The Kier molecular flexibility index (Phi) is 4.31. The number of hydrogen-bond donors (Lipinski definition) is 1. The number of thiazole rings is 1. The normalized spacial score (nSPS) is 10.7. The molecule has 0 radical (unpaired) electrons. The first-order valence-corrected chi connectivity index (χ1v) is 7.92. The van der Waals surface area contributed by atoms with Crippen molar-refractivity contribution in [2.24, 2.45) is 0 Å². The van der Waals surface area contributed by atoms with E-state index in [0.717, 1.165) is 0 Å². The fourth-order valence-corrected chi connectivity index (χ4v) is 3.01. The van der Waals surface area contributed by atoms with Gasteiger partial charge in [-0.25, -0.2) is 9.78 Å². The van der Waals surface area contributed by atoms with Gasteiger partial charge in [-0.2, -0.15) is 0 Å². The lowest BCUT2D eigenvalue weighted by Gasteiger charge is -2.09. The van der Waals surface area contributed by atoms with Crippen LogP contribution in [0.4, 0.5) is 5.69 Å². The molecular formula is C15H12ClN3O3S. The number of hydrogen-bond acceptors (Lipinski definition) is 6. The molecule has 23 heavy (non-hydrogen) atoms. The molecule has 2 aromatic heterocycles. The molecule has 3 aromatic rings. The van der Waals surface area contributed by atoms with Crippen molar-refractivity contribution in [1.29, 1.82) is 0 Å². The summed E-state index contributed by atoms with van der Waals surface area (Å²) in [4.78, 5) is 28.6. The number of aromatic nitrogens is 2. The van der Waals surface area contributed by atoms with Gasteiger partial charge in [-0.15, -0.1) is 11.3 Å². The first-order valence-electron chi connectivity index (χ1n) is 6.66. The van der Waals surface area contributed by atoms with Crippen molar-refractivity contribution >= 4 is 39.6 Å². The van der Waals surface area contributed by atoms with Gasteiger partial charge < -0.3 is 10.1 Å². The van der Waals surface area contributed by atoms with Gasteiger partial charge in [0.05, 0.1) is 29.9 Å². The molecule has 0 amide bonds. The largest absolute Gasteiger partial charge is 0.465 e. The molecule has 8 heteroatoms. The highest BCUT2D eigenvalue weighted by Gasteiger charge is 2.11. The third-order valence-corrected chi connectivity index (χ3v) is 4.29. The smallest absolute Gasteiger partial charge is 0.339 e. The second kappa shape index (κ2) is 6.39. The molecule has 0 aliphatic rings. The van der Waals surface area contributed by atoms with Gasteiger partial charge in [0.1, 0.15) is 0 Å². The Balaban J connectivity index is 1.82. The molecule has 0 bridgehead atoms.